The molecule has 0 aliphatic carbocycles. The second-order valence-electron chi connectivity index (χ2n) is 5.83. The van der Waals surface area contributed by atoms with Crippen LogP contribution in [0.5, 0.6) is 0 Å². The van der Waals surface area contributed by atoms with Crippen LogP contribution in [0.25, 0.3) is 11.0 Å². The summed E-state index contributed by atoms with van der Waals surface area (Å²) in [6.07, 6.45) is 0. The third-order valence-electron chi connectivity index (χ3n) is 4.04. The van der Waals surface area contributed by atoms with Crippen molar-refractivity contribution in [3.8, 4) is 0 Å². The molecule has 0 amide bonds. The van der Waals surface area contributed by atoms with E-state index in [2.05, 4.69) is 39.6 Å². The molecular formula is C18H26N4O2. The Labute approximate surface area is 142 Å². The minimum atomic E-state index is 0.529. The SMILES string of the molecule is CCNC(=NCc1cc2ccccc2o1)NCCN1CCOCC1. The number of rotatable bonds is 6. The fourth-order valence-electron chi connectivity index (χ4n) is 2.77. The molecule has 24 heavy (non-hydrogen) atoms. The van der Waals surface area contributed by atoms with Gasteiger partial charge in [-0.3, -0.25) is 4.90 Å². The van der Waals surface area contributed by atoms with Gasteiger partial charge in [0.2, 0.25) is 0 Å². The standard InChI is InChI=1S/C18H26N4O2/c1-2-19-18(20-7-8-22-9-11-23-12-10-22)21-14-16-13-15-5-3-4-6-17(15)24-16/h3-6,13H,2,7-12,14H2,1H3,(H2,19,20,21). The summed E-state index contributed by atoms with van der Waals surface area (Å²) in [6.45, 7) is 8.99. The Balaban J connectivity index is 1.52. The van der Waals surface area contributed by atoms with Gasteiger partial charge in [0, 0.05) is 38.1 Å². The molecular weight excluding hydrogens is 304 g/mol. The molecule has 2 aromatic rings. The van der Waals surface area contributed by atoms with Crippen molar-refractivity contribution in [3.05, 3.63) is 36.1 Å². The van der Waals surface area contributed by atoms with Crippen LogP contribution in [0.2, 0.25) is 0 Å². The third-order valence-corrected chi connectivity index (χ3v) is 4.04. The summed E-state index contributed by atoms with van der Waals surface area (Å²) >= 11 is 0. The maximum atomic E-state index is 5.81. The fourth-order valence-corrected chi connectivity index (χ4v) is 2.77. The van der Waals surface area contributed by atoms with Gasteiger partial charge in [-0.2, -0.15) is 0 Å². The average Bonchev–Trinajstić information content (AvgIpc) is 3.03. The Morgan fingerprint density at radius 2 is 2.04 bits per heavy atom. The highest BCUT2D eigenvalue weighted by Gasteiger charge is 2.09. The van der Waals surface area contributed by atoms with Gasteiger partial charge < -0.3 is 19.8 Å². The van der Waals surface area contributed by atoms with Crippen molar-refractivity contribution in [2.24, 2.45) is 4.99 Å². The van der Waals surface area contributed by atoms with Crippen molar-refractivity contribution in [3.63, 3.8) is 0 Å². The van der Waals surface area contributed by atoms with E-state index in [-0.39, 0.29) is 0 Å². The molecule has 6 heteroatoms. The van der Waals surface area contributed by atoms with Gasteiger partial charge in [-0.15, -0.1) is 0 Å². The average molecular weight is 330 g/mol. The number of fused-ring (bicyclic) bond motifs is 1. The summed E-state index contributed by atoms with van der Waals surface area (Å²) in [7, 11) is 0. The highest BCUT2D eigenvalue weighted by molar-refractivity contribution is 5.80. The van der Waals surface area contributed by atoms with E-state index in [1.807, 2.05) is 18.2 Å². The van der Waals surface area contributed by atoms with E-state index in [1.54, 1.807) is 0 Å². The number of nitrogens with one attached hydrogen (secondary N) is 2. The maximum absolute atomic E-state index is 5.81. The summed E-state index contributed by atoms with van der Waals surface area (Å²) < 4.78 is 11.2. The molecule has 0 bridgehead atoms. The normalized spacial score (nSPS) is 16.5. The Morgan fingerprint density at radius 3 is 2.83 bits per heavy atom. The first-order valence-electron chi connectivity index (χ1n) is 8.65. The van der Waals surface area contributed by atoms with Crippen molar-refractivity contribution in [1.82, 2.24) is 15.5 Å². The summed E-state index contributed by atoms with van der Waals surface area (Å²) in [6, 6.07) is 10.1. The monoisotopic (exact) mass is 330 g/mol. The van der Waals surface area contributed by atoms with Gasteiger partial charge in [0.15, 0.2) is 5.96 Å². The zero-order valence-electron chi connectivity index (χ0n) is 14.3. The molecule has 1 aromatic heterocycles. The number of furan rings is 1. The van der Waals surface area contributed by atoms with Gasteiger partial charge in [0.05, 0.1) is 13.2 Å². The molecule has 1 aromatic carbocycles. The number of aliphatic imine (C=N–C) groups is 1. The molecule has 2 N–H and O–H groups in total. The van der Waals surface area contributed by atoms with Crippen LogP contribution in [0, 0.1) is 0 Å². The number of ether oxygens (including phenoxy) is 1. The molecule has 0 radical (unpaired) electrons. The van der Waals surface area contributed by atoms with Crippen LogP contribution in [-0.4, -0.2) is 56.8 Å². The van der Waals surface area contributed by atoms with Crippen molar-refractivity contribution < 1.29 is 9.15 Å². The lowest BCUT2D eigenvalue weighted by Crippen LogP contribution is -2.44. The van der Waals surface area contributed by atoms with E-state index in [1.165, 1.54) is 0 Å². The van der Waals surface area contributed by atoms with Crippen LogP contribution in [0.1, 0.15) is 12.7 Å². The minimum absolute atomic E-state index is 0.529. The third kappa shape index (κ3) is 4.72. The summed E-state index contributed by atoms with van der Waals surface area (Å²) in [4.78, 5) is 7.02. The molecule has 0 unspecified atom stereocenters. The van der Waals surface area contributed by atoms with E-state index >= 15 is 0 Å². The van der Waals surface area contributed by atoms with E-state index in [4.69, 9.17) is 9.15 Å². The van der Waals surface area contributed by atoms with E-state index < -0.39 is 0 Å². The van der Waals surface area contributed by atoms with Crippen LogP contribution in [0.4, 0.5) is 0 Å². The van der Waals surface area contributed by atoms with Gasteiger partial charge in [0.1, 0.15) is 17.9 Å². The predicted molar refractivity (Wildman–Crippen MR) is 96.3 cm³/mol. The first-order chi connectivity index (χ1) is 11.8. The lowest BCUT2D eigenvalue weighted by molar-refractivity contribution is 0.0389. The first kappa shape index (κ1) is 16.8. The highest BCUT2D eigenvalue weighted by atomic mass is 16.5. The van der Waals surface area contributed by atoms with Crippen LogP contribution in [0.3, 0.4) is 0 Å². The number of benzene rings is 1. The molecule has 0 atom stereocenters. The van der Waals surface area contributed by atoms with Crippen LogP contribution < -0.4 is 10.6 Å². The first-order valence-corrected chi connectivity index (χ1v) is 8.65. The number of nitrogens with zero attached hydrogens (tertiary/aromatic N) is 2. The van der Waals surface area contributed by atoms with Gasteiger partial charge >= 0.3 is 0 Å². The van der Waals surface area contributed by atoms with E-state index in [9.17, 15) is 0 Å². The van der Waals surface area contributed by atoms with E-state index in [0.29, 0.717) is 6.54 Å². The Kier molecular flexibility index (Phi) is 6.09. The molecule has 1 aliphatic heterocycles. The minimum Gasteiger partial charge on any atom is -0.459 e. The lowest BCUT2D eigenvalue weighted by atomic mass is 10.2. The van der Waals surface area contributed by atoms with Crippen molar-refractivity contribution in [2.45, 2.75) is 13.5 Å². The quantitative estimate of drug-likeness (QED) is 0.625. The molecule has 3 rings (SSSR count). The summed E-state index contributed by atoms with van der Waals surface area (Å²) in [5, 5.41) is 7.78. The molecule has 130 valence electrons. The summed E-state index contributed by atoms with van der Waals surface area (Å²) in [5.74, 6) is 1.70. The van der Waals surface area contributed by atoms with Gasteiger partial charge in [0.25, 0.3) is 0 Å². The highest BCUT2D eigenvalue weighted by Crippen LogP contribution is 2.19. The van der Waals surface area contributed by atoms with Crippen molar-refractivity contribution >= 4 is 16.9 Å². The molecule has 0 saturated carbocycles. The van der Waals surface area contributed by atoms with Crippen molar-refractivity contribution in [1.29, 1.82) is 0 Å². The second-order valence-corrected chi connectivity index (χ2v) is 5.83. The number of morpholine rings is 1. The molecule has 2 heterocycles. The molecule has 6 nitrogen and oxygen atoms in total. The van der Waals surface area contributed by atoms with Crippen LogP contribution in [-0.2, 0) is 11.3 Å². The van der Waals surface area contributed by atoms with Crippen LogP contribution in [0.15, 0.2) is 39.7 Å². The molecule has 1 aliphatic rings. The fraction of sp³-hybridized carbons (Fsp3) is 0.500. The van der Waals surface area contributed by atoms with Crippen molar-refractivity contribution in [2.75, 3.05) is 45.9 Å². The molecule has 0 spiro atoms. The molecule has 1 saturated heterocycles. The number of hydrogen-bond acceptors (Lipinski definition) is 4. The number of para-hydroxylation sites is 1. The van der Waals surface area contributed by atoms with Gasteiger partial charge in [-0.25, -0.2) is 4.99 Å². The largest absolute Gasteiger partial charge is 0.459 e. The zero-order chi connectivity index (χ0) is 16.6. The van der Waals surface area contributed by atoms with Gasteiger partial charge in [-0.1, -0.05) is 18.2 Å². The number of guanidine groups is 1. The predicted octanol–water partition coefficient (Wildman–Crippen LogP) is 1.82. The topological polar surface area (TPSA) is 62.0 Å². The van der Waals surface area contributed by atoms with Gasteiger partial charge in [-0.05, 0) is 19.1 Å². The van der Waals surface area contributed by atoms with Crippen LogP contribution >= 0.6 is 0 Å². The number of hydrogen-bond donors (Lipinski definition) is 2. The molecule has 1 fully saturated rings. The Morgan fingerprint density at radius 1 is 1.21 bits per heavy atom. The zero-order valence-corrected chi connectivity index (χ0v) is 14.3. The Hall–Kier alpha value is -2.05. The maximum Gasteiger partial charge on any atom is 0.191 e. The lowest BCUT2D eigenvalue weighted by Gasteiger charge is -2.26. The smallest absolute Gasteiger partial charge is 0.191 e. The van der Waals surface area contributed by atoms with E-state index in [0.717, 1.165) is 68.6 Å². The second kappa shape index (κ2) is 8.70. The summed E-state index contributed by atoms with van der Waals surface area (Å²) in [5.41, 5.74) is 0.910. The Bertz CT molecular complexity index is 629.